The zero-order chi connectivity index (χ0) is 33.8. The number of nitriles is 1. The average Bonchev–Trinajstić information content (AvgIpc) is 3.69. The van der Waals surface area contributed by atoms with Gasteiger partial charge in [-0.05, 0) is 42.6 Å². The van der Waals surface area contributed by atoms with Crippen LogP contribution in [-0.4, -0.2) is 50.6 Å². The third kappa shape index (κ3) is 6.79. The molecule has 0 aliphatic carbocycles. The number of hydrogen-bond acceptors (Lipinski definition) is 10. The molecule has 1 aliphatic rings. The van der Waals surface area contributed by atoms with E-state index in [0.717, 1.165) is 24.8 Å². The highest BCUT2D eigenvalue weighted by Crippen LogP contribution is 2.43. The molecule has 5 aromatic rings. The number of carboxylic acid groups (broad SMARTS) is 1. The van der Waals surface area contributed by atoms with Crippen molar-refractivity contribution in [3.8, 4) is 35.1 Å². The molecule has 1 atom stereocenters. The van der Waals surface area contributed by atoms with E-state index >= 15 is 8.78 Å². The maximum absolute atomic E-state index is 16.3. The lowest BCUT2D eigenvalue weighted by atomic mass is 10.1. The largest absolute Gasteiger partial charge is 0.485 e. The standard InChI is InChI=1S/C34H28F2N6O5S/c1-41-15-14-38-30(41)22-10-6-7-11-24(22)46-31-27(35)29(48-34-39-18-23(33(43)44)42(34)2)28(36)32(40-31)47-26-16-21(17-37)12-13-25(26)45-19-20-8-4-3-5-9-20/h3-13,16,18,30,38H,14-15,19H2,1-2H3,(H,43,44). The molecule has 2 aromatic heterocycles. The van der Waals surface area contributed by atoms with Crippen LogP contribution >= 0.6 is 11.8 Å². The summed E-state index contributed by atoms with van der Waals surface area (Å²) in [7, 11) is 3.35. The molecule has 1 fully saturated rings. The van der Waals surface area contributed by atoms with Crippen molar-refractivity contribution >= 4 is 17.7 Å². The van der Waals surface area contributed by atoms with Gasteiger partial charge < -0.3 is 23.9 Å². The molecule has 6 rings (SSSR count). The summed E-state index contributed by atoms with van der Waals surface area (Å²) in [6, 6.07) is 22.7. The summed E-state index contributed by atoms with van der Waals surface area (Å²) in [5, 5.41) is 22.4. The molecule has 0 radical (unpaired) electrons. The third-order valence-electron chi connectivity index (χ3n) is 7.52. The molecule has 1 saturated heterocycles. The average molecular weight is 671 g/mol. The third-order valence-corrected chi connectivity index (χ3v) is 8.64. The minimum absolute atomic E-state index is 0.0103. The van der Waals surface area contributed by atoms with E-state index in [0.29, 0.717) is 17.3 Å². The molecular formula is C34H28F2N6O5S. The number of carbonyl (C=O) groups is 1. The number of hydrogen-bond donors (Lipinski definition) is 2. The van der Waals surface area contributed by atoms with Gasteiger partial charge in [0.2, 0.25) is 11.6 Å². The zero-order valence-electron chi connectivity index (χ0n) is 25.7. The van der Waals surface area contributed by atoms with Crippen molar-refractivity contribution in [1.29, 1.82) is 5.26 Å². The number of likely N-dealkylation sites (N-methyl/N-ethyl adjacent to an activating group) is 1. The molecule has 0 amide bonds. The van der Waals surface area contributed by atoms with Gasteiger partial charge in [0, 0.05) is 31.8 Å². The van der Waals surface area contributed by atoms with Gasteiger partial charge in [0.25, 0.3) is 11.8 Å². The van der Waals surface area contributed by atoms with E-state index in [1.807, 2.05) is 55.6 Å². The van der Waals surface area contributed by atoms with Crippen LogP contribution in [0.1, 0.15) is 33.3 Å². The van der Waals surface area contributed by atoms with E-state index in [2.05, 4.69) is 20.2 Å². The van der Waals surface area contributed by atoms with Gasteiger partial charge in [0.1, 0.15) is 18.1 Å². The van der Waals surface area contributed by atoms with Crippen LogP contribution in [0.5, 0.6) is 29.0 Å². The van der Waals surface area contributed by atoms with Crippen LogP contribution in [0, 0.1) is 23.0 Å². The monoisotopic (exact) mass is 670 g/mol. The van der Waals surface area contributed by atoms with Crippen molar-refractivity contribution in [3.05, 3.63) is 113 Å². The van der Waals surface area contributed by atoms with Crippen molar-refractivity contribution in [2.45, 2.75) is 22.8 Å². The molecule has 14 heteroatoms. The first-order valence-electron chi connectivity index (χ1n) is 14.6. The molecule has 2 N–H and O–H groups in total. The van der Waals surface area contributed by atoms with Gasteiger partial charge in [0.05, 0.1) is 28.9 Å². The van der Waals surface area contributed by atoms with E-state index < -0.39 is 34.3 Å². The lowest BCUT2D eigenvalue weighted by Crippen LogP contribution is -2.24. The normalized spacial score (nSPS) is 14.4. The van der Waals surface area contributed by atoms with Gasteiger partial charge >= 0.3 is 5.97 Å². The lowest BCUT2D eigenvalue weighted by Gasteiger charge is -2.22. The molecule has 0 saturated carbocycles. The predicted octanol–water partition coefficient (Wildman–Crippen LogP) is 6.51. The number of pyridine rings is 1. The summed E-state index contributed by atoms with van der Waals surface area (Å²) >= 11 is 0.539. The zero-order valence-corrected chi connectivity index (χ0v) is 26.5. The first-order chi connectivity index (χ1) is 23.2. The number of nitrogens with one attached hydrogen (secondary N) is 1. The van der Waals surface area contributed by atoms with Crippen LogP contribution in [0.4, 0.5) is 8.78 Å². The Morgan fingerprint density at radius 2 is 1.73 bits per heavy atom. The number of halogens is 2. The number of para-hydroxylation sites is 1. The highest BCUT2D eigenvalue weighted by Gasteiger charge is 2.29. The summed E-state index contributed by atoms with van der Waals surface area (Å²) in [5.74, 6) is -4.49. The first-order valence-corrected chi connectivity index (χ1v) is 15.5. The lowest BCUT2D eigenvalue weighted by molar-refractivity contribution is 0.0685. The Hall–Kier alpha value is -5.49. The number of aromatic nitrogens is 3. The molecule has 3 heterocycles. The smallest absolute Gasteiger partial charge is 0.354 e. The summed E-state index contributed by atoms with van der Waals surface area (Å²) in [4.78, 5) is 21.2. The minimum Gasteiger partial charge on any atom is -0.485 e. The second-order valence-electron chi connectivity index (χ2n) is 10.7. The second kappa shape index (κ2) is 14.1. The topological polar surface area (TPSA) is 135 Å². The summed E-state index contributed by atoms with van der Waals surface area (Å²) < 4.78 is 51.7. The molecule has 0 spiro atoms. The highest BCUT2D eigenvalue weighted by atomic mass is 32.2. The summed E-state index contributed by atoms with van der Waals surface area (Å²) in [6.07, 6.45) is 0.857. The fourth-order valence-electron chi connectivity index (χ4n) is 5.01. The Labute approximate surface area is 278 Å². The molecular weight excluding hydrogens is 642 g/mol. The number of carboxylic acids is 1. The van der Waals surface area contributed by atoms with E-state index in [9.17, 15) is 15.2 Å². The fraction of sp³-hybridized carbons (Fsp3) is 0.176. The predicted molar refractivity (Wildman–Crippen MR) is 170 cm³/mol. The Kier molecular flexibility index (Phi) is 9.53. The van der Waals surface area contributed by atoms with Crippen molar-refractivity contribution in [2.24, 2.45) is 7.05 Å². The highest BCUT2D eigenvalue weighted by molar-refractivity contribution is 7.99. The number of benzene rings is 3. The van der Waals surface area contributed by atoms with Crippen molar-refractivity contribution < 1.29 is 32.9 Å². The summed E-state index contributed by atoms with van der Waals surface area (Å²) in [6.45, 7) is 1.65. The van der Waals surface area contributed by atoms with E-state index in [-0.39, 0.29) is 46.4 Å². The fourth-order valence-corrected chi connectivity index (χ4v) is 5.89. The van der Waals surface area contributed by atoms with Crippen LogP contribution in [0.25, 0.3) is 0 Å². The molecule has 0 bridgehead atoms. The quantitative estimate of drug-likeness (QED) is 0.159. The molecule has 48 heavy (non-hydrogen) atoms. The number of imidazole rings is 1. The van der Waals surface area contributed by atoms with E-state index in [1.165, 1.54) is 29.8 Å². The van der Waals surface area contributed by atoms with Gasteiger partial charge in [0.15, 0.2) is 16.7 Å². The van der Waals surface area contributed by atoms with E-state index in [4.69, 9.17) is 14.2 Å². The molecule has 1 unspecified atom stereocenters. The van der Waals surface area contributed by atoms with Crippen LogP contribution in [-0.2, 0) is 13.7 Å². The SMILES string of the molecule is CN1CCNC1c1ccccc1Oc1nc(Oc2cc(C#N)ccc2OCc2ccccc2)c(F)c(Sc2ncc(C(=O)O)n2C)c1F. The van der Waals surface area contributed by atoms with Gasteiger partial charge in [-0.15, -0.1) is 0 Å². The maximum atomic E-state index is 16.3. The first kappa shape index (κ1) is 32.5. The summed E-state index contributed by atoms with van der Waals surface area (Å²) in [5.41, 5.74) is 1.57. The van der Waals surface area contributed by atoms with Gasteiger partial charge in [-0.25, -0.2) is 9.78 Å². The van der Waals surface area contributed by atoms with Gasteiger partial charge in [-0.1, -0.05) is 48.5 Å². The van der Waals surface area contributed by atoms with Crippen molar-refractivity contribution in [1.82, 2.24) is 24.8 Å². The van der Waals surface area contributed by atoms with Crippen LogP contribution < -0.4 is 19.5 Å². The number of aromatic carboxylic acids is 1. The number of rotatable bonds is 11. The Bertz CT molecular complexity index is 2020. The molecule has 11 nitrogen and oxygen atoms in total. The number of nitrogens with zero attached hydrogens (tertiary/aromatic N) is 5. The maximum Gasteiger partial charge on any atom is 0.354 e. The van der Waals surface area contributed by atoms with Crippen molar-refractivity contribution in [3.63, 3.8) is 0 Å². The molecule has 1 aliphatic heterocycles. The Morgan fingerprint density at radius 1 is 1.02 bits per heavy atom. The second-order valence-corrected chi connectivity index (χ2v) is 11.7. The van der Waals surface area contributed by atoms with E-state index in [1.54, 1.807) is 12.1 Å². The number of ether oxygens (including phenoxy) is 3. The van der Waals surface area contributed by atoms with Crippen molar-refractivity contribution in [2.75, 3.05) is 20.1 Å². The van der Waals surface area contributed by atoms with Gasteiger partial charge in [-0.2, -0.15) is 19.0 Å². The van der Waals surface area contributed by atoms with Crippen LogP contribution in [0.3, 0.4) is 0 Å². The Balaban J connectivity index is 1.43. The van der Waals surface area contributed by atoms with Gasteiger partial charge in [-0.3, -0.25) is 10.2 Å². The molecule has 244 valence electrons. The van der Waals surface area contributed by atoms with Crippen LogP contribution in [0.15, 0.2) is 89.0 Å². The van der Waals surface area contributed by atoms with Crippen LogP contribution in [0.2, 0.25) is 0 Å². The minimum atomic E-state index is -1.26. The Morgan fingerprint density at radius 3 is 2.40 bits per heavy atom. The molecule has 3 aromatic carbocycles.